The van der Waals surface area contributed by atoms with Crippen molar-refractivity contribution in [2.75, 3.05) is 5.73 Å². The van der Waals surface area contributed by atoms with E-state index in [1.54, 1.807) is 36.4 Å². The van der Waals surface area contributed by atoms with Gasteiger partial charge in [0.15, 0.2) is 5.69 Å². The van der Waals surface area contributed by atoms with Crippen LogP contribution in [0.3, 0.4) is 0 Å². The second-order valence-electron chi connectivity index (χ2n) is 4.62. The van der Waals surface area contributed by atoms with Gasteiger partial charge in [-0.2, -0.15) is 20.3 Å². The number of hydrogen-bond acceptors (Lipinski definition) is 6. The summed E-state index contributed by atoms with van der Waals surface area (Å²) >= 11 is 0. The van der Waals surface area contributed by atoms with Crippen molar-refractivity contribution in [3.8, 4) is 17.8 Å². The van der Waals surface area contributed by atoms with Crippen LogP contribution < -0.4 is 16.9 Å². The highest BCUT2D eigenvalue weighted by Crippen LogP contribution is 2.19. The monoisotopic (exact) mass is 304 g/mol. The van der Waals surface area contributed by atoms with Gasteiger partial charge in [-0.3, -0.25) is 9.59 Å². The summed E-state index contributed by atoms with van der Waals surface area (Å²) in [5, 5.41) is 22.1. The standard InChI is InChI=1S/C15H8N6O2/c16-6-9-12(18)11-13(19-14(9)22)10(7-17)20-21(15(11)23)8-4-2-1-3-5-8/h1-5H,(H3,18,19,22). The number of fused-ring (bicyclic) bond motifs is 1. The topological polar surface area (TPSA) is 141 Å². The van der Waals surface area contributed by atoms with Crippen LogP contribution in [-0.4, -0.2) is 14.8 Å². The Morgan fingerprint density at radius 1 is 1.13 bits per heavy atom. The lowest BCUT2D eigenvalue weighted by Crippen LogP contribution is -2.26. The fraction of sp³-hybridized carbons (Fsp3) is 0. The summed E-state index contributed by atoms with van der Waals surface area (Å²) in [5.41, 5.74) is 3.96. The molecule has 3 N–H and O–H groups in total. The van der Waals surface area contributed by atoms with E-state index in [2.05, 4.69) is 10.1 Å². The van der Waals surface area contributed by atoms with Crippen LogP contribution in [0.15, 0.2) is 39.9 Å². The van der Waals surface area contributed by atoms with Crippen LogP contribution in [0.5, 0.6) is 0 Å². The Balaban J connectivity index is 2.57. The molecule has 8 heteroatoms. The molecular weight excluding hydrogens is 296 g/mol. The Bertz CT molecular complexity index is 1130. The lowest BCUT2D eigenvalue weighted by Gasteiger charge is -2.09. The van der Waals surface area contributed by atoms with Crippen LogP contribution >= 0.6 is 0 Å². The maximum Gasteiger partial charge on any atom is 0.283 e. The van der Waals surface area contributed by atoms with Crippen LogP contribution in [0, 0.1) is 22.7 Å². The Labute approximate surface area is 128 Å². The number of nitrogen functional groups attached to an aromatic ring is 1. The van der Waals surface area contributed by atoms with Gasteiger partial charge in [-0.25, -0.2) is 0 Å². The normalized spacial score (nSPS) is 10.2. The number of pyridine rings is 1. The number of para-hydroxylation sites is 1. The third-order valence-electron chi connectivity index (χ3n) is 3.32. The summed E-state index contributed by atoms with van der Waals surface area (Å²) in [6.07, 6.45) is 0. The van der Waals surface area contributed by atoms with Crippen LogP contribution in [0.25, 0.3) is 16.6 Å². The van der Waals surface area contributed by atoms with Gasteiger partial charge < -0.3 is 10.7 Å². The number of rotatable bonds is 1. The van der Waals surface area contributed by atoms with E-state index in [0.29, 0.717) is 5.69 Å². The van der Waals surface area contributed by atoms with Crippen molar-refractivity contribution in [3.05, 3.63) is 62.3 Å². The average molecular weight is 304 g/mol. The van der Waals surface area contributed by atoms with E-state index in [-0.39, 0.29) is 27.8 Å². The highest BCUT2D eigenvalue weighted by molar-refractivity contribution is 5.94. The summed E-state index contributed by atoms with van der Waals surface area (Å²) in [6, 6.07) is 11.9. The molecule has 23 heavy (non-hydrogen) atoms. The summed E-state index contributed by atoms with van der Waals surface area (Å²) in [5.74, 6) is 0. The van der Waals surface area contributed by atoms with Crippen molar-refractivity contribution in [2.24, 2.45) is 0 Å². The van der Waals surface area contributed by atoms with Crippen LogP contribution in [0.1, 0.15) is 11.3 Å². The zero-order valence-corrected chi connectivity index (χ0v) is 11.6. The summed E-state index contributed by atoms with van der Waals surface area (Å²) in [6.45, 7) is 0. The van der Waals surface area contributed by atoms with E-state index < -0.39 is 11.1 Å². The molecule has 0 unspecified atom stereocenters. The van der Waals surface area contributed by atoms with Gasteiger partial charge in [0, 0.05) is 0 Å². The number of hydrogen-bond donors (Lipinski definition) is 2. The van der Waals surface area contributed by atoms with Crippen LogP contribution in [-0.2, 0) is 0 Å². The van der Waals surface area contributed by atoms with Crippen molar-refractivity contribution in [2.45, 2.75) is 0 Å². The van der Waals surface area contributed by atoms with E-state index >= 15 is 0 Å². The average Bonchev–Trinajstić information content (AvgIpc) is 2.56. The van der Waals surface area contributed by atoms with Gasteiger partial charge in [-0.1, -0.05) is 18.2 Å². The van der Waals surface area contributed by atoms with Crippen molar-refractivity contribution in [1.82, 2.24) is 14.8 Å². The smallest absolute Gasteiger partial charge is 0.283 e. The number of benzene rings is 1. The molecule has 0 aliphatic carbocycles. The van der Waals surface area contributed by atoms with Crippen molar-refractivity contribution in [1.29, 1.82) is 10.5 Å². The largest absolute Gasteiger partial charge is 0.397 e. The minimum atomic E-state index is -0.771. The van der Waals surface area contributed by atoms with E-state index in [1.807, 2.05) is 6.07 Å². The summed E-state index contributed by atoms with van der Waals surface area (Å²) in [7, 11) is 0. The maximum absolute atomic E-state index is 12.7. The molecular formula is C15H8N6O2. The molecule has 2 heterocycles. The molecule has 0 bridgehead atoms. The SMILES string of the molecule is N#Cc1c(N)c2c(=O)n(-c3ccccc3)nc(C#N)c2[nH]c1=O. The summed E-state index contributed by atoms with van der Waals surface area (Å²) < 4.78 is 1.01. The molecule has 2 aromatic heterocycles. The first-order valence-electron chi connectivity index (χ1n) is 6.43. The van der Waals surface area contributed by atoms with Gasteiger partial charge in [0.25, 0.3) is 11.1 Å². The number of nitrogens with one attached hydrogen (secondary N) is 1. The molecule has 0 atom stereocenters. The van der Waals surface area contributed by atoms with Crippen molar-refractivity contribution < 1.29 is 0 Å². The van der Waals surface area contributed by atoms with Gasteiger partial charge in [0.1, 0.15) is 17.7 Å². The molecule has 110 valence electrons. The molecule has 0 amide bonds. The molecule has 1 aromatic carbocycles. The zero-order valence-electron chi connectivity index (χ0n) is 11.6. The second kappa shape index (κ2) is 5.13. The number of nitrogens with two attached hydrogens (primary N) is 1. The van der Waals surface area contributed by atoms with Gasteiger partial charge in [-0.15, -0.1) is 0 Å². The Morgan fingerprint density at radius 2 is 1.83 bits per heavy atom. The lowest BCUT2D eigenvalue weighted by molar-refractivity contribution is 0.810. The van der Waals surface area contributed by atoms with E-state index in [4.69, 9.17) is 11.0 Å². The number of H-pyrrole nitrogens is 1. The minimum Gasteiger partial charge on any atom is -0.397 e. The molecule has 0 saturated heterocycles. The van der Waals surface area contributed by atoms with Crippen molar-refractivity contribution >= 4 is 16.6 Å². The van der Waals surface area contributed by atoms with E-state index in [1.165, 1.54) is 0 Å². The second-order valence-corrected chi connectivity index (χ2v) is 4.62. The van der Waals surface area contributed by atoms with E-state index in [9.17, 15) is 14.9 Å². The Morgan fingerprint density at radius 3 is 2.43 bits per heavy atom. The quantitative estimate of drug-likeness (QED) is 0.666. The highest BCUT2D eigenvalue weighted by Gasteiger charge is 2.19. The molecule has 8 nitrogen and oxygen atoms in total. The number of nitrogens with zero attached hydrogens (tertiary/aromatic N) is 4. The zero-order chi connectivity index (χ0) is 16.6. The molecule has 0 aliphatic heterocycles. The maximum atomic E-state index is 12.7. The molecule has 0 fully saturated rings. The number of aromatic amines is 1. The van der Waals surface area contributed by atoms with Crippen molar-refractivity contribution in [3.63, 3.8) is 0 Å². The Hall–Kier alpha value is -3.91. The number of anilines is 1. The first-order valence-corrected chi connectivity index (χ1v) is 6.43. The number of nitriles is 2. The van der Waals surface area contributed by atoms with Crippen LogP contribution in [0.2, 0.25) is 0 Å². The van der Waals surface area contributed by atoms with E-state index in [0.717, 1.165) is 4.68 Å². The molecule has 0 aliphatic rings. The predicted molar refractivity (Wildman–Crippen MR) is 81.8 cm³/mol. The van der Waals surface area contributed by atoms with Gasteiger partial charge in [-0.05, 0) is 12.1 Å². The fourth-order valence-corrected chi connectivity index (χ4v) is 2.26. The molecule has 3 aromatic rings. The molecule has 0 radical (unpaired) electrons. The molecule has 0 spiro atoms. The lowest BCUT2D eigenvalue weighted by atomic mass is 10.1. The van der Waals surface area contributed by atoms with Crippen LogP contribution in [0.4, 0.5) is 5.69 Å². The van der Waals surface area contributed by atoms with Gasteiger partial charge in [0.2, 0.25) is 0 Å². The Kier molecular flexibility index (Phi) is 3.13. The minimum absolute atomic E-state index is 0.0776. The van der Waals surface area contributed by atoms with Gasteiger partial charge in [0.05, 0.1) is 22.3 Å². The first-order chi connectivity index (χ1) is 11.1. The molecule has 0 saturated carbocycles. The third kappa shape index (κ3) is 2.03. The van der Waals surface area contributed by atoms with Gasteiger partial charge >= 0.3 is 0 Å². The highest BCUT2D eigenvalue weighted by atomic mass is 16.1. The fourth-order valence-electron chi connectivity index (χ4n) is 2.26. The molecule has 3 rings (SSSR count). The first kappa shape index (κ1) is 14.0. The third-order valence-corrected chi connectivity index (χ3v) is 3.32. The predicted octanol–water partition coefficient (Wildman–Crippen LogP) is 0.400. The number of aromatic nitrogens is 3. The summed E-state index contributed by atoms with van der Waals surface area (Å²) in [4.78, 5) is 26.8.